The first-order chi connectivity index (χ1) is 7.15. The van der Waals surface area contributed by atoms with Gasteiger partial charge in [-0.2, -0.15) is 0 Å². The number of ketones is 1. The molecule has 0 aliphatic rings. The number of fused-ring (bicyclic) bond motifs is 1. The highest BCUT2D eigenvalue weighted by Crippen LogP contribution is 2.22. The van der Waals surface area contributed by atoms with Gasteiger partial charge in [-0.05, 0) is 25.1 Å². The number of halogens is 1. The minimum absolute atomic E-state index is 0.0348. The van der Waals surface area contributed by atoms with Crippen molar-refractivity contribution in [3.05, 3.63) is 35.8 Å². The van der Waals surface area contributed by atoms with Crippen LogP contribution < -0.4 is 0 Å². The molecule has 0 aliphatic carbocycles. The maximum atomic E-state index is 13.5. The van der Waals surface area contributed by atoms with Gasteiger partial charge in [-0.1, -0.05) is 6.07 Å². The molecular weight excluding hydrogens is 193 g/mol. The Bertz CT molecular complexity index is 528. The molecule has 0 bridgehead atoms. The molecule has 0 saturated carbocycles. The normalized spacial score (nSPS) is 10.9. The fourth-order valence-electron chi connectivity index (χ4n) is 1.88. The Balaban J connectivity index is 2.84. The van der Waals surface area contributed by atoms with Crippen molar-refractivity contribution in [2.45, 2.75) is 20.4 Å². The first-order valence-electron chi connectivity index (χ1n) is 4.94. The summed E-state index contributed by atoms with van der Waals surface area (Å²) in [6.07, 6.45) is 0. The molecule has 0 fully saturated rings. The van der Waals surface area contributed by atoms with Crippen LogP contribution in [-0.4, -0.2) is 10.4 Å². The number of rotatable bonds is 2. The molecule has 0 N–H and O–H groups in total. The van der Waals surface area contributed by atoms with Crippen LogP contribution in [-0.2, 0) is 6.54 Å². The summed E-state index contributed by atoms with van der Waals surface area (Å²) in [5, 5.41) is 0.518. The van der Waals surface area contributed by atoms with Crippen molar-refractivity contribution < 1.29 is 9.18 Å². The minimum Gasteiger partial charge on any atom is -0.338 e. The molecule has 0 spiro atoms. The second kappa shape index (κ2) is 3.50. The number of carbonyl (C=O) groups excluding carboxylic acids is 1. The van der Waals surface area contributed by atoms with Gasteiger partial charge in [0.2, 0.25) is 0 Å². The van der Waals surface area contributed by atoms with E-state index in [1.54, 1.807) is 12.1 Å². The van der Waals surface area contributed by atoms with Gasteiger partial charge in [0.25, 0.3) is 0 Å². The van der Waals surface area contributed by atoms with Crippen molar-refractivity contribution in [3.63, 3.8) is 0 Å². The highest BCUT2D eigenvalue weighted by molar-refractivity contribution is 5.98. The van der Waals surface area contributed by atoms with Crippen molar-refractivity contribution in [3.8, 4) is 0 Å². The van der Waals surface area contributed by atoms with Gasteiger partial charge in [0.15, 0.2) is 5.78 Å². The standard InChI is InChI=1S/C12H12FNO/c1-3-14-11-6-4-5-10(13)9(11)7-12(14)8(2)15/h4-7H,3H2,1-2H3. The molecule has 0 aliphatic heterocycles. The average molecular weight is 205 g/mol. The van der Waals surface area contributed by atoms with Gasteiger partial charge < -0.3 is 4.57 Å². The number of hydrogen-bond acceptors (Lipinski definition) is 1. The number of aryl methyl sites for hydroxylation is 1. The Kier molecular flexibility index (Phi) is 2.31. The van der Waals surface area contributed by atoms with Gasteiger partial charge in [0.05, 0.1) is 11.2 Å². The molecule has 0 unspecified atom stereocenters. The van der Waals surface area contributed by atoms with Crippen LogP contribution in [0, 0.1) is 5.82 Å². The van der Waals surface area contributed by atoms with Crippen molar-refractivity contribution in [1.82, 2.24) is 4.57 Å². The zero-order valence-corrected chi connectivity index (χ0v) is 8.75. The van der Waals surface area contributed by atoms with Crippen molar-refractivity contribution in [2.75, 3.05) is 0 Å². The number of nitrogens with zero attached hydrogens (tertiary/aromatic N) is 1. The van der Waals surface area contributed by atoms with Gasteiger partial charge in [0.1, 0.15) is 5.82 Å². The number of carbonyl (C=O) groups is 1. The summed E-state index contributed by atoms with van der Waals surface area (Å²) in [6, 6.07) is 6.52. The second-order valence-electron chi connectivity index (χ2n) is 3.50. The smallest absolute Gasteiger partial charge is 0.176 e. The molecule has 2 nitrogen and oxygen atoms in total. The molecule has 1 aromatic carbocycles. The number of benzene rings is 1. The summed E-state index contributed by atoms with van der Waals surface area (Å²) in [5.41, 5.74) is 1.35. The largest absolute Gasteiger partial charge is 0.338 e. The van der Waals surface area contributed by atoms with E-state index < -0.39 is 0 Å². The van der Waals surface area contributed by atoms with Crippen LogP contribution in [0.1, 0.15) is 24.3 Å². The fraction of sp³-hybridized carbons (Fsp3) is 0.250. The lowest BCUT2D eigenvalue weighted by molar-refractivity contribution is 0.100. The molecule has 0 radical (unpaired) electrons. The number of hydrogen-bond donors (Lipinski definition) is 0. The molecule has 1 aromatic heterocycles. The minimum atomic E-state index is -0.276. The Morgan fingerprint density at radius 2 is 2.20 bits per heavy atom. The molecule has 78 valence electrons. The van der Waals surface area contributed by atoms with Gasteiger partial charge in [-0.15, -0.1) is 0 Å². The molecule has 0 atom stereocenters. The van der Waals surface area contributed by atoms with E-state index in [0.29, 0.717) is 17.6 Å². The summed E-state index contributed by atoms with van der Waals surface area (Å²) < 4.78 is 15.3. The summed E-state index contributed by atoms with van der Waals surface area (Å²) in [4.78, 5) is 11.4. The Morgan fingerprint density at radius 3 is 2.80 bits per heavy atom. The molecular formula is C12H12FNO. The fourth-order valence-corrected chi connectivity index (χ4v) is 1.88. The predicted octanol–water partition coefficient (Wildman–Crippen LogP) is 3.00. The Morgan fingerprint density at radius 1 is 1.47 bits per heavy atom. The monoisotopic (exact) mass is 205 g/mol. The van der Waals surface area contributed by atoms with Crippen molar-refractivity contribution >= 4 is 16.7 Å². The second-order valence-corrected chi connectivity index (χ2v) is 3.50. The molecule has 3 heteroatoms. The SMILES string of the molecule is CCn1c(C(C)=O)cc2c(F)cccc21. The maximum absolute atomic E-state index is 13.5. The zero-order valence-electron chi connectivity index (χ0n) is 8.75. The van der Waals surface area contributed by atoms with E-state index in [1.807, 2.05) is 17.6 Å². The lowest BCUT2D eigenvalue weighted by atomic mass is 10.2. The van der Waals surface area contributed by atoms with Crippen molar-refractivity contribution in [2.24, 2.45) is 0 Å². The van der Waals surface area contributed by atoms with E-state index >= 15 is 0 Å². The number of aromatic nitrogens is 1. The maximum Gasteiger partial charge on any atom is 0.176 e. The first kappa shape index (κ1) is 9.90. The van der Waals surface area contributed by atoms with E-state index in [0.717, 1.165) is 5.52 Å². The Hall–Kier alpha value is -1.64. The summed E-state index contributed by atoms with van der Waals surface area (Å²) >= 11 is 0. The lowest BCUT2D eigenvalue weighted by Crippen LogP contribution is -2.04. The quantitative estimate of drug-likeness (QED) is 0.691. The highest BCUT2D eigenvalue weighted by atomic mass is 19.1. The van der Waals surface area contributed by atoms with Crippen LogP contribution >= 0.6 is 0 Å². The highest BCUT2D eigenvalue weighted by Gasteiger charge is 2.12. The predicted molar refractivity (Wildman–Crippen MR) is 57.6 cm³/mol. The van der Waals surface area contributed by atoms with E-state index in [1.165, 1.54) is 13.0 Å². The van der Waals surface area contributed by atoms with Gasteiger partial charge in [-0.25, -0.2) is 4.39 Å². The van der Waals surface area contributed by atoms with Gasteiger partial charge >= 0.3 is 0 Å². The lowest BCUT2D eigenvalue weighted by Gasteiger charge is -2.04. The molecule has 0 amide bonds. The first-order valence-corrected chi connectivity index (χ1v) is 4.94. The zero-order chi connectivity index (χ0) is 11.0. The molecule has 2 aromatic rings. The van der Waals surface area contributed by atoms with E-state index in [-0.39, 0.29) is 11.6 Å². The third-order valence-electron chi connectivity index (χ3n) is 2.57. The molecule has 15 heavy (non-hydrogen) atoms. The van der Waals surface area contributed by atoms with Crippen LogP contribution in [0.15, 0.2) is 24.3 Å². The van der Waals surface area contributed by atoms with Crippen LogP contribution in [0.2, 0.25) is 0 Å². The topological polar surface area (TPSA) is 22.0 Å². The number of Topliss-reactive ketones (excluding diaryl/α,β-unsaturated/α-hetero) is 1. The van der Waals surface area contributed by atoms with Crippen LogP contribution in [0.3, 0.4) is 0 Å². The van der Waals surface area contributed by atoms with Gasteiger partial charge in [0, 0.05) is 18.9 Å². The van der Waals surface area contributed by atoms with Crippen LogP contribution in [0.4, 0.5) is 4.39 Å². The molecule has 1 heterocycles. The summed E-state index contributed by atoms with van der Waals surface area (Å²) in [6.45, 7) is 4.11. The summed E-state index contributed by atoms with van der Waals surface area (Å²) in [7, 11) is 0. The summed E-state index contributed by atoms with van der Waals surface area (Å²) in [5.74, 6) is -0.311. The van der Waals surface area contributed by atoms with Crippen molar-refractivity contribution in [1.29, 1.82) is 0 Å². The van der Waals surface area contributed by atoms with Crippen LogP contribution in [0.5, 0.6) is 0 Å². The molecule has 0 saturated heterocycles. The van der Waals surface area contributed by atoms with E-state index in [2.05, 4.69) is 0 Å². The van der Waals surface area contributed by atoms with E-state index in [9.17, 15) is 9.18 Å². The third-order valence-corrected chi connectivity index (χ3v) is 2.57. The average Bonchev–Trinajstić information content (AvgIpc) is 2.57. The molecule has 2 rings (SSSR count). The van der Waals surface area contributed by atoms with Crippen LogP contribution in [0.25, 0.3) is 10.9 Å². The Labute approximate surface area is 87.3 Å². The third kappa shape index (κ3) is 1.44. The van der Waals surface area contributed by atoms with E-state index in [4.69, 9.17) is 0 Å². The van der Waals surface area contributed by atoms with Gasteiger partial charge in [-0.3, -0.25) is 4.79 Å².